The number of rotatable bonds is 8. The first-order valence-electron chi connectivity index (χ1n) is 11.4. The quantitative estimate of drug-likeness (QED) is 0.525. The highest BCUT2D eigenvalue weighted by Gasteiger charge is 2.21. The summed E-state index contributed by atoms with van der Waals surface area (Å²) in [6.45, 7) is 7.16. The molecule has 1 saturated heterocycles. The Kier molecular flexibility index (Phi) is 6.69. The van der Waals surface area contributed by atoms with E-state index in [0.29, 0.717) is 17.3 Å². The van der Waals surface area contributed by atoms with E-state index in [-0.39, 0.29) is 6.54 Å². The Bertz CT molecular complexity index is 1210. The second-order valence-electron chi connectivity index (χ2n) is 9.11. The lowest BCUT2D eigenvalue weighted by molar-refractivity contribution is -0.119. The van der Waals surface area contributed by atoms with Gasteiger partial charge in [0.25, 0.3) is 5.56 Å². The number of hydrogen-bond donors (Lipinski definition) is 2. The van der Waals surface area contributed by atoms with Gasteiger partial charge in [0, 0.05) is 31.4 Å². The number of carbonyl (C=O) groups is 1. The summed E-state index contributed by atoms with van der Waals surface area (Å²) in [6, 6.07) is 9.81. The second kappa shape index (κ2) is 9.68. The number of nitrogens with zero attached hydrogens (tertiary/aromatic N) is 5. The van der Waals surface area contributed by atoms with Gasteiger partial charge in [0.15, 0.2) is 17.3 Å². The molecule has 2 aromatic heterocycles. The summed E-state index contributed by atoms with van der Waals surface area (Å²) in [7, 11) is 0. The number of aliphatic hydroxyl groups is 1. The Morgan fingerprint density at radius 1 is 1.24 bits per heavy atom. The van der Waals surface area contributed by atoms with Crippen molar-refractivity contribution in [3.8, 4) is 11.5 Å². The van der Waals surface area contributed by atoms with Gasteiger partial charge in [-0.1, -0.05) is 12.1 Å². The highest BCUT2D eigenvalue weighted by molar-refractivity contribution is 5.92. The van der Waals surface area contributed by atoms with Crippen LogP contribution in [0.25, 0.3) is 0 Å². The van der Waals surface area contributed by atoms with Crippen LogP contribution in [0.5, 0.6) is 11.5 Å². The van der Waals surface area contributed by atoms with Gasteiger partial charge >= 0.3 is 0 Å². The normalized spacial score (nSPS) is 14.8. The molecule has 0 aliphatic carbocycles. The first-order chi connectivity index (χ1) is 16.2. The predicted molar refractivity (Wildman–Crippen MR) is 128 cm³/mol. The summed E-state index contributed by atoms with van der Waals surface area (Å²) >= 11 is 0. The van der Waals surface area contributed by atoms with Gasteiger partial charge in [0.05, 0.1) is 24.0 Å². The monoisotopic (exact) mass is 466 g/mol. The highest BCUT2D eigenvalue weighted by Crippen LogP contribution is 2.33. The van der Waals surface area contributed by atoms with Gasteiger partial charge in [-0.3, -0.25) is 14.3 Å². The SMILES string of the molecule is CC(C(=O)Nc1ccn(CC(C)(C)O)n1)n1ncc(Oc2ccccc2N2CCCC2)cc1=O. The molecule has 1 fully saturated rings. The minimum atomic E-state index is -0.934. The van der Waals surface area contributed by atoms with Gasteiger partial charge in [-0.15, -0.1) is 0 Å². The number of carbonyl (C=O) groups excluding carboxylic acids is 1. The van der Waals surface area contributed by atoms with Crippen molar-refractivity contribution in [2.24, 2.45) is 0 Å². The van der Waals surface area contributed by atoms with Crippen molar-refractivity contribution >= 4 is 17.4 Å². The van der Waals surface area contributed by atoms with E-state index in [1.807, 2.05) is 24.3 Å². The Balaban J connectivity index is 1.44. The lowest BCUT2D eigenvalue weighted by atomic mass is 10.1. The maximum absolute atomic E-state index is 12.7. The molecule has 180 valence electrons. The third-order valence-corrected chi connectivity index (χ3v) is 5.53. The molecule has 1 unspecified atom stereocenters. The molecule has 1 aromatic carbocycles. The fourth-order valence-electron chi connectivity index (χ4n) is 3.89. The number of para-hydroxylation sites is 2. The fraction of sp³-hybridized carbons (Fsp3) is 0.417. The van der Waals surface area contributed by atoms with Crippen molar-refractivity contribution in [1.82, 2.24) is 19.6 Å². The molecule has 0 radical (unpaired) electrons. The van der Waals surface area contributed by atoms with E-state index in [4.69, 9.17) is 4.74 Å². The average Bonchev–Trinajstić information content (AvgIpc) is 3.45. The minimum Gasteiger partial charge on any atom is -0.453 e. The molecule has 1 atom stereocenters. The van der Waals surface area contributed by atoms with Crippen LogP contribution < -0.4 is 20.5 Å². The fourth-order valence-corrected chi connectivity index (χ4v) is 3.89. The van der Waals surface area contributed by atoms with Crippen molar-refractivity contribution in [3.63, 3.8) is 0 Å². The largest absolute Gasteiger partial charge is 0.453 e. The number of nitrogens with one attached hydrogen (secondary N) is 1. The Morgan fingerprint density at radius 3 is 2.68 bits per heavy atom. The number of ether oxygens (including phenoxy) is 1. The number of hydrogen-bond acceptors (Lipinski definition) is 7. The molecule has 4 rings (SSSR count). The summed E-state index contributed by atoms with van der Waals surface area (Å²) in [5.41, 5.74) is -0.399. The summed E-state index contributed by atoms with van der Waals surface area (Å²) in [5.74, 6) is 0.866. The van der Waals surface area contributed by atoms with E-state index < -0.39 is 23.1 Å². The molecular formula is C24H30N6O4. The minimum absolute atomic E-state index is 0.280. The Morgan fingerprint density at radius 2 is 1.97 bits per heavy atom. The van der Waals surface area contributed by atoms with E-state index in [2.05, 4.69) is 20.4 Å². The molecule has 1 amide bonds. The zero-order chi connectivity index (χ0) is 24.3. The maximum atomic E-state index is 12.7. The van der Waals surface area contributed by atoms with Crippen molar-refractivity contribution in [1.29, 1.82) is 0 Å². The van der Waals surface area contributed by atoms with Gasteiger partial charge in [0.2, 0.25) is 5.91 Å². The standard InChI is InChI=1S/C24H30N6O4/c1-17(23(32)26-21-10-13-29(27-21)16-24(2,3)33)30-22(31)14-18(15-25-30)34-20-9-5-4-8-19(20)28-11-6-7-12-28/h4-5,8-10,13-15,17,33H,6-7,11-12,16H2,1-3H3,(H,26,27,32). The predicted octanol–water partition coefficient (Wildman–Crippen LogP) is 2.80. The third kappa shape index (κ3) is 5.63. The van der Waals surface area contributed by atoms with Gasteiger partial charge < -0.3 is 20.1 Å². The van der Waals surface area contributed by atoms with Crippen LogP contribution in [-0.4, -0.2) is 49.3 Å². The van der Waals surface area contributed by atoms with Crippen LogP contribution in [0.4, 0.5) is 11.5 Å². The first-order valence-corrected chi connectivity index (χ1v) is 11.4. The molecule has 10 nitrogen and oxygen atoms in total. The number of benzene rings is 1. The lowest BCUT2D eigenvalue weighted by Crippen LogP contribution is -2.33. The van der Waals surface area contributed by atoms with E-state index in [1.54, 1.807) is 33.0 Å². The van der Waals surface area contributed by atoms with Crippen molar-refractivity contribution in [3.05, 3.63) is 59.1 Å². The van der Waals surface area contributed by atoms with Gasteiger partial charge in [-0.05, 0) is 45.7 Å². The summed E-state index contributed by atoms with van der Waals surface area (Å²) in [4.78, 5) is 27.7. The van der Waals surface area contributed by atoms with Crippen molar-refractivity contribution in [2.75, 3.05) is 23.3 Å². The molecule has 1 aliphatic rings. The second-order valence-corrected chi connectivity index (χ2v) is 9.11. The van der Waals surface area contributed by atoms with Crippen LogP contribution in [0.3, 0.4) is 0 Å². The molecular weight excluding hydrogens is 436 g/mol. The number of anilines is 2. The molecule has 3 aromatic rings. The van der Waals surface area contributed by atoms with Crippen molar-refractivity contribution in [2.45, 2.75) is 51.8 Å². The molecule has 34 heavy (non-hydrogen) atoms. The van der Waals surface area contributed by atoms with Crippen LogP contribution >= 0.6 is 0 Å². The van der Waals surface area contributed by atoms with E-state index in [9.17, 15) is 14.7 Å². The highest BCUT2D eigenvalue weighted by atomic mass is 16.5. The smallest absolute Gasteiger partial charge is 0.271 e. The van der Waals surface area contributed by atoms with E-state index in [0.717, 1.165) is 36.3 Å². The molecule has 1 aliphatic heterocycles. The number of amides is 1. The van der Waals surface area contributed by atoms with Gasteiger partial charge in [-0.2, -0.15) is 10.2 Å². The summed E-state index contributed by atoms with van der Waals surface area (Å²) < 4.78 is 8.62. The molecule has 10 heteroatoms. The summed E-state index contributed by atoms with van der Waals surface area (Å²) in [6.07, 6.45) is 5.38. The van der Waals surface area contributed by atoms with E-state index >= 15 is 0 Å². The average molecular weight is 467 g/mol. The molecule has 0 bridgehead atoms. The zero-order valence-electron chi connectivity index (χ0n) is 19.6. The first kappa shape index (κ1) is 23.5. The third-order valence-electron chi connectivity index (χ3n) is 5.53. The Hall–Kier alpha value is -3.66. The molecule has 3 heterocycles. The van der Waals surface area contributed by atoms with Crippen molar-refractivity contribution < 1.29 is 14.6 Å². The summed E-state index contributed by atoms with van der Waals surface area (Å²) in [5, 5.41) is 21.0. The van der Waals surface area contributed by atoms with Crippen LogP contribution in [0, 0.1) is 0 Å². The molecule has 2 N–H and O–H groups in total. The van der Waals surface area contributed by atoms with E-state index in [1.165, 1.54) is 16.9 Å². The molecule has 0 spiro atoms. The maximum Gasteiger partial charge on any atom is 0.271 e. The van der Waals surface area contributed by atoms with Crippen LogP contribution in [0.1, 0.15) is 39.7 Å². The molecule has 0 saturated carbocycles. The topological polar surface area (TPSA) is 115 Å². The zero-order valence-corrected chi connectivity index (χ0v) is 19.6. The Labute approximate surface area is 197 Å². The lowest BCUT2D eigenvalue weighted by Gasteiger charge is -2.21. The van der Waals surface area contributed by atoms with Crippen LogP contribution in [0.15, 0.2) is 53.6 Å². The van der Waals surface area contributed by atoms with Crippen LogP contribution in [0.2, 0.25) is 0 Å². The van der Waals surface area contributed by atoms with Crippen LogP contribution in [-0.2, 0) is 11.3 Å². The number of aromatic nitrogens is 4. The van der Waals surface area contributed by atoms with Gasteiger partial charge in [0.1, 0.15) is 6.04 Å². The van der Waals surface area contributed by atoms with Gasteiger partial charge in [-0.25, -0.2) is 4.68 Å².